The van der Waals surface area contributed by atoms with Gasteiger partial charge in [-0.2, -0.15) is 5.26 Å². The molecule has 7 rings (SSSR count). The lowest BCUT2D eigenvalue weighted by atomic mass is 9.85. The van der Waals surface area contributed by atoms with Crippen molar-refractivity contribution in [2.75, 3.05) is 65.4 Å². The van der Waals surface area contributed by atoms with Gasteiger partial charge in [-0.25, -0.2) is 4.98 Å². The number of aliphatic hydroxyl groups excluding tert-OH is 1. The summed E-state index contributed by atoms with van der Waals surface area (Å²) in [6.45, 7) is 11.9. The molecule has 75 heavy (non-hydrogen) atoms. The number of unbranched alkanes of at least 4 members (excludes halogenated alkanes) is 3. The number of ether oxygens (including phenoxy) is 3. The number of fused-ring (bicyclic) bond motifs is 1. The fourth-order valence-corrected chi connectivity index (χ4v) is 10.7. The maximum absolute atomic E-state index is 14.1. The largest absolute Gasteiger partial charge is 0.495 e. The number of hydrogen-bond donors (Lipinski definition) is 4. The van der Waals surface area contributed by atoms with Crippen molar-refractivity contribution in [1.82, 2.24) is 35.3 Å². The second kappa shape index (κ2) is 26.0. The second-order valence-corrected chi connectivity index (χ2v) is 21.7. The van der Waals surface area contributed by atoms with Gasteiger partial charge in [-0.1, -0.05) is 81.1 Å². The Morgan fingerprint density at radius 1 is 0.907 bits per heavy atom. The lowest BCUT2D eigenvalue weighted by Gasteiger charge is -2.35. The minimum Gasteiger partial charge on any atom is -0.495 e. The smallest absolute Gasteiger partial charge is 0.246 e. The van der Waals surface area contributed by atoms with E-state index in [0.29, 0.717) is 87.7 Å². The Kier molecular flexibility index (Phi) is 19.6. The Morgan fingerprint density at radius 2 is 1.63 bits per heavy atom. The number of rotatable bonds is 22. The van der Waals surface area contributed by atoms with Crippen LogP contribution in [0, 0.1) is 23.7 Å². The summed E-state index contributed by atoms with van der Waals surface area (Å²) in [5, 5.41) is 31.0. The zero-order valence-electron chi connectivity index (χ0n) is 43.5. The third-order valence-electron chi connectivity index (χ3n) is 13.6. The number of methoxy groups -OCH3 is 2. The number of hydrogen-bond acceptors (Lipinski definition) is 14. The van der Waals surface area contributed by atoms with Crippen LogP contribution in [0.4, 0.5) is 11.4 Å². The number of nitrogens with zero attached hydrogens (tertiary/aromatic N) is 6. The SMILES string of the molecule is COc1cc(Nc2c(C#N)cnc3cc(OCCCN4CCN(C(=O)CCCCCCC(=O)NC(C(=O)N5C[C@H](O)C[C@H]5C(=O)NCc5ccc(-c6scnc6C)cc5)C(C)(C)C)CC4)c(OC)cc23)c(Cl)cc1Cl. The molecule has 20 heteroatoms. The minimum atomic E-state index is -0.897. The number of halogens is 2. The van der Waals surface area contributed by atoms with Gasteiger partial charge in [-0.05, 0) is 54.9 Å². The number of thiazole rings is 1. The monoisotopic (exact) mass is 1080 g/mol. The highest BCUT2D eigenvalue weighted by molar-refractivity contribution is 7.13. The van der Waals surface area contributed by atoms with Gasteiger partial charge in [0.2, 0.25) is 23.6 Å². The Balaban J connectivity index is 0.789. The first-order valence-electron chi connectivity index (χ1n) is 25.4. The van der Waals surface area contributed by atoms with Crippen molar-refractivity contribution in [2.45, 2.75) is 104 Å². The van der Waals surface area contributed by atoms with Crippen LogP contribution < -0.4 is 30.2 Å². The van der Waals surface area contributed by atoms with Crippen LogP contribution in [-0.4, -0.2) is 132 Å². The predicted molar refractivity (Wildman–Crippen MR) is 292 cm³/mol. The van der Waals surface area contributed by atoms with Crippen molar-refractivity contribution in [1.29, 1.82) is 5.26 Å². The molecule has 3 atom stereocenters. The van der Waals surface area contributed by atoms with E-state index in [1.165, 1.54) is 18.2 Å². The third kappa shape index (κ3) is 14.6. The molecule has 4 heterocycles. The Hall–Kier alpha value is -6.23. The average Bonchev–Trinajstić information content (AvgIpc) is 4.02. The lowest BCUT2D eigenvalue weighted by Crippen LogP contribution is -2.57. The molecule has 0 radical (unpaired) electrons. The molecule has 2 saturated heterocycles. The Morgan fingerprint density at radius 3 is 2.29 bits per heavy atom. The molecule has 0 aliphatic carbocycles. The first-order chi connectivity index (χ1) is 36.0. The maximum atomic E-state index is 14.1. The number of amides is 4. The van der Waals surface area contributed by atoms with Gasteiger partial charge in [0.1, 0.15) is 23.9 Å². The summed E-state index contributed by atoms with van der Waals surface area (Å²) in [4.78, 5) is 69.5. The fourth-order valence-electron chi connectivity index (χ4n) is 9.39. The molecule has 0 spiro atoms. The minimum absolute atomic E-state index is 0.00498. The van der Waals surface area contributed by atoms with Crippen LogP contribution in [0.5, 0.6) is 17.2 Å². The van der Waals surface area contributed by atoms with Crippen LogP contribution in [0.25, 0.3) is 21.3 Å². The van der Waals surface area contributed by atoms with Crippen LogP contribution in [0.2, 0.25) is 10.0 Å². The summed E-state index contributed by atoms with van der Waals surface area (Å²) in [6.07, 6.45) is 5.04. The number of nitrogens with one attached hydrogen (secondary N) is 3. The van der Waals surface area contributed by atoms with Gasteiger partial charge in [-0.3, -0.25) is 29.1 Å². The quantitative estimate of drug-likeness (QED) is 0.0479. The molecule has 2 aliphatic heterocycles. The van der Waals surface area contributed by atoms with Crippen LogP contribution >= 0.6 is 34.5 Å². The van der Waals surface area contributed by atoms with Gasteiger partial charge in [0.25, 0.3) is 0 Å². The molecule has 4 amide bonds. The van der Waals surface area contributed by atoms with E-state index < -0.39 is 29.5 Å². The molecule has 3 aromatic carbocycles. The van der Waals surface area contributed by atoms with Crippen molar-refractivity contribution in [2.24, 2.45) is 5.41 Å². The standard InChI is InChI=1S/C55H67Cl2N9O8S/c1-34-51(75-33-61-34)36-16-14-35(15-17-36)30-60-53(70)44-24-38(67)32-66(44)54(71)52(55(2,3)4)63-48(68)12-9-7-8-10-13-49(69)65-21-19-64(20-22-65)18-11-23-74-47-27-42-39(25-46(47)73-6)50(37(29-58)31-59-42)62-43-28-45(72-5)41(57)26-40(43)56/h14-17,25-28,31,33,38,44,52,67H,7-13,18-24,30,32H2,1-6H3,(H,59,62)(H,60,70)(H,63,68)/t38-,44+,52?/m1/s1. The van der Waals surface area contributed by atoms with Gasteiger partial charge in [-0.15, -0.1) is 11.3 Å². The molecule has 0 bridgehead atoms. The molecule has 17 nitrogen and oxygen atoms in total. The fraction of sp³-hybridized carbons (Fsp3) is 0.473. The number of carbonyl (C=O) groups is 4. The molecule has 5 aromatic rings. The normalized spacial score (nSPS) is 16.3. The summed E-state index contributed by atoms with van der Waals surface area (Å²) < 4.78 is 17.3. The van der Waals surface area contributed by atoms with Gasteiger partial charge in [0.05, 0.1) is 75.5 Å². The number of β-amino-alcohol motifs (C(OH)–C–C–N with tert-alkyl or cyclic N) is 1. The van der Waals surface area contributed by atoms with Crippen LogP contribution in [-0.2, 0) is 25.7 Å². The predicted octanol–water partition coefficient (Wildman–Crippen LogP) is 8.67. The van der Waals surface area contributed by atoms with Crippen molar-refractivity contribution < 1.29 is 38.5 Å². The summed E-state index contributed by atoms with van der Waals surface area (Å²) in [7, 11) is 3.06. The highest BCUT2D eigenvalue weighted by atomic mass is 35.5. The number of piperazine rings is 1. The molecule has 2 aliphatic rings. The summed E-state index contributed by atoms with van der Waals surface area (Å²) in [5.41, 5.74) is 5.96. The van der Waals surface area contributed by atoms with E-state index in [-0.39, 0.29) is 43.7 Å². The molecule has 1 unspecified atom stereocenters. The van der Waals surface area contributed by atoms with Gasteiger partial charge >= 0.3 is 0 Å². The highest BCUT2D eigenvalue weighted by Crippen LogP contribution is 2.41. The second-order valence-electron chi connectivity index (χ2n) is 20.1. The molecular weight excluding hydrogens is 1020 g/mol. The number of aromatic nitrogens is 2. The van der Waals surface area contributed by atoms with E-state index in [0.717, 1.165) is 67.0 Å². The van der Waals surface area contributed by atoms with E-state index >= 15 is 0 Å². The maximum Gasteiger partial charge on any atom is 0.246 e. The number of aryl methyl sites for hydroxylation is 1. The number of carbonyl (C=O) groups excluding carboxylic acids is 4. The van der Waals surface area contributed by atoms with Crippen molar-refractivity contribution in [3.05, 3.63) is 87.1 Å². The topological polar surface area (TPSA) is 212 Å². The lowest BCUT2D eigenvalue weighted by molar-refractivity contribution is -0.144. The number of nitriles is 1. The Bertz CT molecular complexity index is 2860. The molecule has 400 valence electrons. The molecular formula is C55H67Cl2N9O8S. The van der Waals surface area contributed by atoms with E-state index in [1.54, 1.807) is 42.7 Å². The van der Waals surface area contributed by atoms with E-state index in [2.05, 4.69) is 36.9 Å². The molecule has 2 fully saturated rings. The van der Waals surface area contributed by atoms with Crippen molar-refractivity contribution >= 4 is 80.4 Å². The van der Waals surface area contributed by atoms with E-state index in [4.69, 9.17) is 37.4 Å². The number of pyridine rings is 1. The first kappa shape index (κ1) is 56.5. The zero-order valence-corrected chi connectivity index (χ0v) is 45.8. The third-order valence-corrected chi connectivity index (χ3v) is 15.2. The number of likely N-dealkylation sites (tertiary alicyclic amines) is 1. The number of benzene rings is 3. The van der Waals surface area contributed by atoms with Crippen LogP contribution in [0.15, 0.2) is 60.2 Å². The van der Waals surface area contributed by atoms with Gasteiger partial charge in [0.15, 0.2) is 11.5 Å². The van der Waals surface area contributed by atoms with E-state index in [1.807, 2.05) is 62.4 Å². The van der Waals surface area contributed by atoms with Crippen molar-refractivity contribution in [3.63, 3.8) is 0 Å². The number of anilines is 2. The van der Waals surface area contributed by atoms with Crippen LogP contribution in [0.3, 0.4) is 0 Å². The summed E-state index contributed by atoms with van der Waals surface area (Å²) in [6, 6.07) is 15.1. The molecule has 0 saturated carbocycles. The zero-order chi connectivity index (χ0) is 53.8. The van der Waals surface area contributed by atoms with Gasteiger partial charge in [0, 0.05) is 88.8 Å². The Labute approximate surface area is 452 Å². The molecule has 2 aromatic heterocycles. The van der Waals surface area contributed by atoms with Crippen molar-refractivity contribution in [3.8, 4) is 33.8 Å². The summed E-state index contributed by atoms with van der Waals surface area (Å²) >= 11 is 14.3. The van der Waals surface area contributed by atoms with E-state index in [9.17, 15) is 29.5 Å². The number of aliphatic hydroxyl groups is 1. The summed E-state index contributed by atoms with van der Waals surface area (Å²) in [5.74, 6) is 0.553. The van der Waals surface area contributed by atoms with Crippen LogP contribution in [0.1, 0.15) is 89.0 Å². The molecule has 4 N–H and O–H groups in total. The van der Waals surface area contributed by atoms with Gasteiger partial charge < -0.3 is 45.1 Å². The highest BCUT2D eigenvalue weighted by Gasteiger charge is 2.44. The average molecular weight is 1090 g/mol. The first-order valence-corrected chi connectivity index (χ1v) is 27.0.